The SMILES string of the molecule is CS(=O)(=O)CCC(N)C(=O)NCCCc1cccc(C(=O)[C@@H](N)Cc2ccc(O)cc2)c1. The van der Waals surface area contributed by atoms with Gasteiger partial charge in [0.05, 0.1) is 17.8 Å². The Kier molecular flexibility index (Phi) is 9.37. The van der Waals surface area contributed by atoms with E-state index in [4.69, 9.17) is 11.5 Å². The standard InChI is InChI=1S/C23H31N3O5S/c1-32(30,31)13-11-20(24)23(29)26-12-3-5-16-4-2-6-18(14-16)22(28)21(25)15-17-7-9-19(27)10-8-17/h2,4,6-10,14,20-21,27H,3,5,11-13,15,24-25H2,1H3,(H,26,29)/t20?,21-/m0/s1. The van der Waals surface area contributed by atoms with Crippen molar-refractivity contribution in [2.45, 2.75) is 37.8 Å². The molecule has 2 atom stereocenters. The fourth-order valence-electron chi connectivity index (χ4n) is 3.18. The average molecular weight is 462 g/mol. The predicted molar refractivity (Wildman–Crippen MR) is 124 cm³/mol. The van der Waals surface area contributed by atoms with E-state index in [1.165, 1.54) is 0 Å². The van der Waals surface area contributed by atoms with Crippen LogP contribution in [-0.4, -0.2) is 55.9 Å². The van der Waals surface area contributed by atoms with E-state index in [-0.39, 0.29) is 29.6 Å². The first-order chi connectivity index (χ1) is 15.0. The summed E-state index contributed by atoms with van der Waals surface area (Å²) >= 11 is 0. The minimum absolute atomic E-state index is 0.0826. The summed E-state index contributed by atoms with van der Waals surface area (Å²) in [6.07, 6.45) is 2.85. The van der Waals surface area contributed by atoms with Crippen molar-refractivity contribution < 1.29 is 23.1 Å². The molecule has 174 valence electrons. The van der Waals surface area contributed by atoms with Crippen LogP contribution in [0.2, 0.25) is 0 Å². The molecule has 8 nitrogen and oxygen atoms in total. The maximum atomic E-state index is 12.7. The molecule has 0 heterocycles. The van der Waals surface area contributed by atoms with Gasteiger partial charge in [0, 0.05) is 18.4 Å². The number of Topliss-reactive ketones (excluding diaryl/α,β-unsaturated/α-hetero) is 1. The van der Waals surface area contributed by atoms with Gasteiger partial charge in [0.1, 0.15) is 15.6 Å². The summed E-state index contributed by atoms with van der Waals surface area (Å²) in [5.74, 6) is -0.506. The van der Waals surface area contributed by atoms with E-state index in [0.717, 1.165) is 17.4 Å². The first kappa shape index (κ1) is 25.5. The number of phenolic OH excluding ortho intramolecular Hbond substituents is 1. The molecule has 6 N–H and O–H groups in total. The normalized spacial score (nSPS) is 13.3. The van der Waals surface area contributed by atoms with Gasteiger partial charge in [-0.3, -0.25) is 9.59 Å². The van der Waals surface area contributed by atoms with Crippen molar-refractivity contribution in [1.29, 1.82) is 0 Å². The lowest BCUT2D eigenvalue weighted by Gasteiger charge is -2.13. The third-order valence-corrected chi connectivity index (χ3v) is 6.00. The Labute approximate surface area is 188 Å². The molecule has 0 aromatic heterocycles. The molecular formula is C23H31N3O5S. The van der Waals surface area contributed by atoms with Crippen molar-refractivity contribution >= 4 is 21.5 Å². The molecule has 0 spiro atoms. The number of aryl methyl sites for hydroxylation is 1. The molecule has 1 amide bonds. The Bertz CT molecular complexity index is 1020. The van der Waals surface area contributed by atoms with E-state index in [1.54, 1.807) is 42.5 Å². The Balaban J connectivity index is 1.81. The van der Waals surface area contributed by atoms with E-state index >= 15 is 0 Å². The summed E-state index contributed by atoms with van der Waals surface area (Å²) in [4.78, 5) is 24.7. The van der Waals surface area contributed by atoms with Crippen molar-refractivity contribution in [3.63, 3.8) is 0 Å². The summed E-state index contributed by atoms with van der Waals surface area (Å²) in [5.41, 5.74) is 14.2. The fourth-order valence-corrected chi connectivity index (χ4v) is 3.86. The highest BCUT2D eigenvalue weighted by Gasteiger charge is 2.17. The summed E-state index contributed by atoms with van der Waals surface area (Å²) < 4.78 is 22.3. The molecule has 0 fully saturated rings. The molecule has 2 aromatic carbocycles. The highest BCUT2D eigenvalue weighted by molar-refractivity contribution is 7.90. The molecular weight excluding hydrogens is 430 g/mol. The van der Waals surface area contributed by atoms with Crippen LogP contribution in [0.1, 0.15) is 34.3 Å². The zero-order valence-corrected chi connectivity index (χ0v) is 19.0. The quantitative estimate of drug-likeness (QED) is 0.271. The molecule has 2 rings (SSSR count). The van der Waals surface area contributed by atoms with Gasteiger partial charge >= 0.3 is 0 Å². The van der Waals surface area contributed by atoms with E-state index in [9.17, 15) is 23.1 Å². The molecule has 0 aliphatic heterocycles. The largest absolute Gasteiger partial charge is 0.508 e. The van der Waals surface area contributed by atoms with Crippen molar-refractivity contribution in [1.82, 2.24) is 5.32 Å². The Morgan fingerprint density at radius 2 is 1.72 bits per heavy atom. The molecule has 2 aromatic rings. The van der Waals surface area contributed by atoms with Gasteiger partial charge in [0.25, 0.3) is 0 Å². The lowest BCUT2D eigenvalue weighted by molar-refractivity contribution is -0.122. The van der Waals surface area contributed by atoms with Gasteiger partial charge in [0.15, 0.2) is 5.78 Å². The number of nitrogens with two attached hydrogens (primary N) is 2. The lowest BCUT2D eigenvalue weighted by atomic mass is 9.96. The smallest absolute Gasteiger partial charge is 0.236 e. The van der Waals surface area contributed by atoms with E-state index in [1.807, 2.05) is 6.07 Å². The number of rotatable bonds is 12. The van der Waals surface area contributed by atoms with Crippen LogP contribution < -0.4 is 16.8 Å². The average Bonchev–Trinajstić information content (AvgIpc) is 2.75. The minimum Gasteiger partial charge on any atom is -0.508 e. The topological polar surface area (TPSA) is 153 Å². The number of carbonyl (C=O) groups excluding carboxylic acids is 2. The van der Waals surface area contributed by atoms with Gasteiger partial charge < -0.3 is 21.9 Å². The summed E-state index contributed by atoms with van der Waals surface area (Å²) in [5, 5.41) is 12.1. The molecule has 0 aliphatic rings. The van der Waals surface area contributed by atoms with Crippen LogP contribution in [-0.2, 0) is 27.5 Å². The first-order valence-corrected chi connectivity index (χ1v) is 12.5. The van der Waals surface area contributed by atoms with Gasteiger partial charge in [-0.1, -0.05) is 30.3 Å². The number of amides is 1. The van der Waals surface area contributed by atoms with Crippen molar-refractivity contribution in [3.8, 4) is 5.75 Å². The third-order valence-electron chi connectivity index (χ3n) is 5.02. The number of hydrogen-bond donors (Lipinski definition) is 4. The number of ketones is 1. The minimum atomic E-state index is -3.16. The maximum Gasteiger partial charge on any atom is 0.236 e. The van der Waals surface area contributed by atoms with E-state index in [0.29, 0.717) is 31.4 Å². The number of nitrogens with one attached hydrogen (secondary N) is 1. The van der Waals surface area contributed by atoms with Crippen LogP contribution in [0.15, 0.2) is 48.5 Å². The van der Waals surface area contributed by atoms with Crippen LogP contribution in [0.4, 0.5) is 0 Å². The van der Waals surface area contributed by atoms with Gasteiger partial charge in [-0.25, -0.2) is 8.42 Å². The number of carbonyl (C=O) groups is 2. The maximum absolute atomic E-state index is 12.7. The van der Waals surface area contributed by atoms with Gasteiger partial charge in [-0.05, 0) is 55.0 Å². The lowest BCUT2D eigenvalue weighted by Crippen LogP contribution is -2.42. The monoisotopic (exact) mass is 461 g/mol. The molecule has 0 saturated heterocycles. The second-order valence-corrected chi connectivity index (χ2v) is 10.2. The van der Waals surface area contributed by atoms with Crippen molar-refractivity contribution in [2.75, 3.05) is 18.6 Å². The molecule has 9 heteroatoms. The number of sulfone groups is 1. The third kappa shape index (κ3) is 8.78. The fraction of sp³-hybridized carbons (Fsp3) is 0.391. The second kappa shape index (κ2) is 11.8. The Morgan fingerprint density at radius 3 is 2.38 bits per heavy atom. The molecule has 0 bridgehead atoms. The van der Waals surface area contributed by atoms with Gasteiger partial charge in [0.2, 0.25) is 5.91 Å². The van der Waals surface area contributed by atoms with E-state index < -0.39 is 21.9 Å². The molecule has 32 heavy (non-hydrogen) atoms. The highest BCUT2D eigenvalue weighted by Crippen LogP contribution is 2.14. The zero-order valence-electron chi connectivity index (χ0n) is 18.2. The van der Waals surface area contributed by atoms with Gasteiger partial charge in [-0.15, -0.1) is 0 Å². The number of benzene rings is 2. The molecule has 0 radical (unpaired) electrons. The van der Waals surface area contributed by atoms with Gasteiger partial charge in [-0.2, -0.15) is 0 Å². The Hall–Kier alpha value is -2.75. The zero-order chi connectivity index (χ0) is 23.7. The molecule has 0 aliphatic carbocycles. The predicted octanol–water partition coefficient (Wildman–Crippen LogP) is 0.956. The summed E-state index contributed by atoms with van der Waals surface area (Å²) in [7, 11) is -3.16. The highest BCUT2D eigenvalue weighted by atomic mass is 32.2. The van der Waals surface area contributed by atoms with Crippen molar-refractivity contribution in [2.24, 2.45) is 11.5 Å². The second-order valence-electron chi connectivity index (χ2n) is 7.96. The number of aromatic hydroxyl groups is 1. The summed E-state index contributed by atoms with van der Waals surface area (Å²) in [6, 6.07) is 12.3. The van der Waals surface area contributed by atoms with Crippen molar-refractivity contribution in [3.05, 3.63) is 65.2 Å². The van der Waals surface area contributed by atoms with Crippen LogP contribution in [0.3, 0.4) is 0 Å². The first-order valence-electron chi connectivity index (χ1n) is 10.4. The van der Waals surface area contributed by atoms with Crippen LogP contribution in [0.5, 0.6) is 5.75 Å². The Morgan fingerprint density at radius 1 is 1.03 bits per heavy atom. The summed E-state index contributed by atoms with van der Waals surface area (Å²) in [6.45, 7) is 0.393. The number of hydrogen-bond acceptors (Lipinski definition) is 7. The van der Waals surface area contributed by atoms with Crippen LogP contribution in [0.25, 0.3) is 0 Å². The van der Waals surface area contributed by atoms with Crippen LogP contribution in [0, 0.1) is 0 Å². The number of phenols is 1. The van der Waals surface area contributed by atoms with Crippen LogP contribution >= 0.6 is 0 Å². The van der Waals surface area contributed by atoms with E-state index in [2.05, 4.69) is 5.32 Å². The molecule has 1 unspecified atom stereocenters. The molecule has 0 saturated carbocycles.